The van der Waals surface area contributed by atoms with E-state index in [4.69, 9.17) is 9.47 Å². The first kappa shape index (κ1) is 23.4. The summed E-state index contributed by atoms with van der Waals surface area (Å²) >= 11 is 0. The normalized spacial score (nSPS) is 28.5. The van der Waals surface area contributed by atoms with E-state index in [0.29, 0.717) is 37.1 Å². The fourth-order valence-corrected chi connectivity index (χ4v) is 6.07. The van der Waals surface area contributed by atoms with Crippen LogP contribution in [0.15, 0.2) is 30.5 Å². The van der Waals surface area contributed by atoms with Gasteiger partial charge in [0.05, 0.1) is 12.2 Å². The Labute approximate surface area is 202 Å². The van der Waals surface area contributed by atoms with Gasteiger partial charge in [0.15, 0.2) is 0 Å². The third kappa shape index (κ3) is 4.73. The molecular weight excluding hydrogens is 430 g/mol. The molecule has 34 heavy (non-hydrogen) atoms. The van der Waals surface area contributed by atoms with E-state index in [0.717, 1.165) is 49.4 Å². The van der Waals surface area contributed by atoms with Gasteiger partial charge in [-0.1, -0.05) is 6.58 Å². The number of carbonyl (C=O) groups excluding carboxylic acids is 2. The molecule has 3 fully saturated rings. The quantitative estimate of drug-likeness (QED) is 0.692. The topological polar surface area (TPSA) is 71.1 Å². The van der Waals surface area contributed by atoms with Crippen LogP contribution in [0.25, 0.3) is 0 Å². The van der Waals surface area contributed by atoms with E-state index < -0.39 is 6.04 Å². The van der Waals surface area contributed by atoms with Crippen molar-refractivity contribution in [3.05, 3.63) is 41.6 Å². The van der Waals surface area contributed by atoms with Crippen molar-refractivity contribution in [2.45, 2.75) is 95.7 Å². The molecule has 3 aliphatic heterocycles. The monoisotopic (exact) mass is 467 g/mol. The summed E-state index contributed by atoms with van der Waals surface area (Å²) in [5.41, 5.74) is 2.35. The zero-order valence-electron chi connectivity index (χ0n) is 20.4. The van der Waals surface area contributed by atoms with Crippen LogP contribution in [0.4, 0.5) is 0 Å². The van der Waals surface area contributed by atoms with Crippen molar-refractivity contribution in [1.29, 1.82) is 0 Å². The van der Waals surface area contributed by atoms with Crippen LogP contribution in [0.3, 0.4) is 0 Å². The molecule has 7 heteroatoms. The van der Waals surface area contributed by atoms with Crippen LogP contribution in [-0.4, -0.2) is 65.1 Å². The Morgan fingerprint density at radius 3 is 2.62 bits per heavy atom. The van der Waals surface area contributed by atoms with Gasteiger partial charge in [-0.25, -0.2) is 0 Å². The molecule has 3 heterocycles. The van der Waals surface area contributed by atoms with Crippen LogP contribution in [0.1, 0.15) is 74.7 Å². The number of hydrogen-bond acceptors (Lipinski definition) is 5. The number of hydrogen-bond donors (Lipinski definition) is 1. The van der Waals surface area contributed by atoms with Crippen molar-refractivity contribution < 1.29 is 19.1 Å². The summed E-state index contributed by atoms with van der Waals surface area (Å²) in [6, 6.07) is 5.79. The molecule has 7 nitrogen and oxygen atoms in total. The largest absolute Gasteiger partial charge is 0.489 e. The molecule has 1 N–H and O–H groups in total. The lowest BCUT2D eigenvalue weighted by Crippen LogP contribution is -2.49. The Kier molecular flexibility index (Phi) is 6.67. The van der Waals surface area contributed by atoms with Gasteiger partial charge >= 0.3 is 0 Å². The number of nitrogens with one attached hydrogen (secondary N) is 1. The minimum atomic E-state index is -0.434. The van der Waals surface area contributed by atoms with Gasteiger partial charge in [0.2, 0.25) is 5.91 Å². The van der Waals surface area contributed by atoms with E-state index in [-0.39, 0.29) is 24.0 Å². The number of amides is 2. The highest BCUT2D eigenvalue weighted by atomic mass is 16.5. The number of ether oxygens (including phenoxy) is 2. The van der Waals surface area contributed by atoms with Crippen LogP contribution < -0.4 is 10.1 Å². The number of fused-ring (bicyclic) bond motifs is 1. The number of nitrogens with zero attached hydrogens (tertiary/aromatic N) is 2. The smallest absolute Gasteiger partial charge is 0.255 e. The van der Waals surface area contributed by atoms with E-state index in [1.807, 2.05) is 18.2 Å². The van der Waals surface area contributed by atoms with Gasteiger partial charge in [0.1, 0.15) is 17.9 Å². The van der Waals surface area contributed by atoms with Gasteiger partial charge in [-0.2, -0.15) is 0 Å². The molecule has 1 aromatic rings. The number of likely N-dealkylation sites (tertiary alicyclic amines) is 1. The second-order valence-corrected chi connectivity index (χ2v) is 10.5. The first-order chi connectivity index (χ1) is 16.4. The molecule has 2 saturated heterocycles. The van der Waals surface area contributed by atoms with Gasteiger partial charge in [-0.15, -0.1) is 0 Å². The number of carbonyl (C=O) groups is 2. The molecule has 1 aliphatic carbocycles. The van der Waals surface area contributed by atoms with E-state index in [9.17, 15) is 9.59 Å². The van der Waals surface area contributed by atoms with Crippen molar-refractivity contribution in [2.75, 3.05) is 13.1 Å². The molecule has 184 valence electrons. The SMILES string of the molecule is C=C1CCC(N2Cc3cc(O[C@@H]4CCC[C@@H]4N4CCC(OC(C)C)CC4)ccc3C2=O)C(=O)N1. The van der Waals surface area contributed by atoms with Crippen LogP contribution in [0.5, 0.6) is 5.75 Å². The number of benzene rings is 1. The summed E-state index contributed by atoms with van der Waals surface area (Å²) in [5.74, 6) is 0.620. The number of rotatable bonds is 6. The lowest BCUT2D eigenvalue weighted by Gasteiger charge is -2.38. The Bertz CT molecular complexity index is 953. The van der Waals surface area contributed by atoms with Crippen molar-refractivity contribution in [3.8, 4) is 5.75 Å². The fraction of sp³-hybridized carbons (Fsp3) is 0.630. The van der Waals surface area contributed by atoms with Gasteiger partial charge < -0.3 is 19.7 Å². The van der Waals surface area contributed by atoms with Gasteiger partial charge in [-0.3, -0.25) is 14.5 Å². The molecule has 1 unspecified atom stereocenters. The molecule has 1 saturated carbocycles. The summed E-state index contributed by atoms with van der Waals surface area (Å²) in [6.07, 6.45) is 7.72. The second kappa shape index (κ2) is 9.70. The van der Waals surface area contributed by atoms with Gasteiger partial charge in [0.25, 0.3) is 5.91 Å². The molecule has 4 aliphatic rings. The summed E-state index contributed by atoms with van der Waals surface area (Å²) in [7, 11) is 0. The molecule has 5 rings (SSSR count). The summed E-state index contributed by atoms with van der Waals surface area (Å²) in [5, 5.41) is 2.80. The molecule has 3 atom stereocenters. The minimum absolute atomic E-state index is 0.0700. The Balaban J connectivity index is 1.22. The summed E-state index contributed by atoms with van der Waals surface area (Å²) in [4.78, 5) is 29.7. The third-order valence-corrected chi connectivity index (χ3v) is 7.72. The van der Waals surface area contributed by atoms with E-state index >= 15 is 0 Å². The Morgan fingerprint density at radius 2 is 1.88 bits per heavy atom. The molecule has 0 radical (unpaired) electrons. The molecule has 0 aromatic heterocycles. The van der Waals surface area contributed by atoms with Crippen LogP contribution in [0, 0.1) is 0 Å². The second-order valence-electron chi connectivity index (χ2n) is 10.5. The third-order valence-electron chi connectivity index (χ3n) is 7.72. The van der Waals surface area contributed by atoms with E-state index in [1.165, 1.54) is 12.8 Å². The lowest BCUT2D eigenvalue weighted by molar-refractivity contribution is -0.126. The predicted molar refractivity (Wildman–Crippen MR) is 129 cm³/mol. The highest BCUT2D eigenvalue weighted by Crippen LogP contribution is 2.34. The Morgan fingerprint density at radius 1 is 1.09 bits per heavy atom. The first-order valence-electron chi connectivity index (χ1n) is 12.9. The summed E-state index contributed by atoms with van der Waals surface area (Å²) < 4.78 is 12.5. The van der Waals surface area contributed by atoms with Gasteiger partial charge in [0, 0.05) is 36.9 Å². The molecule has 0 spiro atoms. The van der Waals surface area contributed by atoms with Crippen LogP contribution >= 0.6 is 0 Å². The first-order valence-corrected chi connectivity index (χ1v) is 12.9. The molecule has 2 amide bonds. The van der Waals surface area contributed by atoms with Gasteiger partial charge in [-0.05, 0) is 82.6 Å². The minimum Gasteiger partial charge on any atom is -0.489 e. The highest BCUT2D eigenvalue weighted by Gasteiger charge is 2.39. The molecule has 0 bridgehead atoms. The van der Waals surface area contributed by atoms with Crippen molar-refractivity contribution >= 4 is 11.8 Å². The van der Waals surface area contributed by atoms with E-state index in [2.05, 4.69) is 30.6 Å². The maximum absolute atomic E-state index is 13.0. The standard InChI is InChI=1S/C27H37N3O4/c1-17(2)33-20-11-13-29(14-12-20)23-5-4-6-25(23)34-21-8-9-22-19(15-21)16-30(27(22)32)24-10-7-18(3)28-26(24)31/h8-9,15,17,20,23-25H,3-7,10-14,16H2,1-2H3,(H,28,31)/t23-,24?,25+/m0/s1. The highest BCUT2D eigenvalue weighted by molar-refractivity contribution is 6.01. The average Bonchev–Trinajstić information content (AvgIpc) is 3.38. The zero-order chi connectivity index (χ0) is 23.8. The zero-order valence-corrected chi connectivity index (χ0v) is 20.4. The lowest BCUT2D eigenvalue weighted by atomic mass is 10.0. The predicted octanol–water partition coefficient (Wildman–Crippen LogP) is 3.62. The number of piperidine rings is 2. The molecule has 1 aromatic carbocycles. The van der Waals surface area contributed by atoms with Crippen molar-refractivity contribution in [3.63, 3.8) is 0 Å². The van der Waals surface area contributed by atoms with Crippen molar-refractivity contribution in [1.82, 2.24) is 15.1 Å². The Hall–Kier alpha value is -2.38. The number of allylic oxidation sites excluding steroid dienone is 1. The summed E-state index contributed by atoms with van der Waals surface area (Å²) in [6.45, 7) is 10.6. The van der Waals surface area contributed by atoms with E-state index in [1.54, 1.807) is 4.90 Å². The average molecular weight is 468 g/mol. The van der Waals surface area contributed by atoms with Crippen LogP contribution in [0.2, 0.25) is 0 Å². The molecular formula is C27H37N3O4. The maximum atomic E-state index is 13.0. The maximum Gasteiger partial charge on any atom is 0.255 e. The fourth-order valence-electron chi connectivity index (χ4n) is 6.07. The van der Waals surface area contributed by atoms with Crippen molar-refractivity contribution in [2.24, 2.45) is 0 Å². The van der Waals surface area contributed by atoms with Crippen LogP contribution in [-0.2, 0) is 16.1 Å².